The van der Waals surface area contributed by atoms with Crippen LogP contribution < -0.4 is 11.1 Å². The van der Waals surface area contributed by atoms with Crippen LogP contribution in [0.15, 0.2) is 18.3 Å². The van der Waals surface area contributed by atoms with E-state index in [1.54, 1.807) is 17.4 Å². The van der Waals surface area contributed by atoms with Gasteiger partial charge in [0, 0.05) is 11.6 Å². The molecule has 3 N–H and O–H groups in total. The van der Waals surface area contributed by atoms with E-state index in [0.717, 1.165) is 11.3 Å². The Hall–Kier alpha value is -1.90. The molecule has 0 radical (unpaired) electrons. The summed E-state index contributed by atoms with van der Waals surface area (Å²) in [6.45, 7) is -1.45. The van der Waals surface area contributed by atoms with E-state index >= 15 is 0 Å². The van der Waals surface area contributed by atoms with Crippen LogP contribution in [-0.2, 0) is 0 Å². The SMILES string of the molecule is Nc1c(C(=O)NCC(F)(F)C(F)F)sc2ncccc12. The molecule has 0 aliphatic rings. The first-order valence-corrected chi connectivity index (χ1v) is 6.21. The van der Waals surface area contributed by atoms with Gasteiger partial charge in [-0.15, -0.1) is 11.3 Å². The van der Waals surface area contributed by atoms with Crippen molar-refractivity contribution in [3.8, 4) is 0 Å². The first kappa shape index (κ1) is 14.5. The summed E-state index contributed by atoms with van der Waals surface area (Å²) in [5, 5.41) is 2.27. The second-order valence-corrected chi connectivity index (χ2v) is 4.94. The Morgan fingerprint density at radius 1 is 1.50 bits per heavy atom. The van der Waals surface area contributed by atoms with Crippen molar-refractivity contribution in [1.82, 2.24) is 10.3 Å². The van der Waals surface area contributed by atoms with E-state index in [1.807, 2.05) is 0 Å². The summed E-state index contributed by atoms with van der Waals surface area (Å²) < 4.78 is 49.4. The Balaban J connectivity index is 2.18. The third kappa shape index (κ3) is 2.67. The van der Waals surface area contributed by atoms with Crippen LogP contribution in [0.25, 0.3) is 10.2 Å². The lowest BCUT2D eigenvalue weighted by atomic mass is 10.2. The van der Waals surface area contributed by atoms with Gasteiger partial charge >= 0.3 is 12.3 Å². The molecule has 1 amide bonds. The van der Waals surface area contributed by atoms with Crippen LogP contribution in [0.1, 0.15) is 9.67 Å². The van der Waals surface area contributed by atoms with Crippen LogP contribution in [-0.4, -0.2) is 29.8 Å². The molecular weight excluding hydrogens is 298 g/mol. The number of rotatable bonds is 4. The number of aromatic nitrogens is 1. The molecule has 0 aliphatic heterocycles. The van der Waals surface area contributed by atoms with Gasteiger partial charge in [0.2, 0.25) is 0 Å². The highest BCUT2D eigenvalue weighted by atomic mass is 32.1. The number of amides is 1. The number of halogens is 4. The molecule has 0 spiro atoms. The predicted molar refractivity (Wildman–Crippen MR) is 67.3 cm³/mol. The number of nitrogens with one attached hydrogen (secondary N) is 1. The lowest BCUT2D eigenvalue weighted by Crippen LogP contribution is -2.41. The van der Waals surface area contributed by atoms with Crippen LogP contribution in [0.2, 0.25) is 0 Å². The molecule has 2 aromatic heterocycles. The Bertz CT molecular complexity index is 644. The highest BCUT2D eigenvalue weighted by Gasteiger charge is 2.41. The summed E-state index contributed by atoms with van der Waals surface area (Å²) in [5.74, 6) is -5.20. The first-order valence-electron chi connectivity index (χ1n) is 5.40. The number of alkyl halides is 4. The summed E-state index contributed by atoms with van der Waals surface area (Å²) >= 11 is 0.910. The topological polar surface area (TPSA) is 68.0 Å². The maximum atomic E-state index is 12.7. The minimum Gasteiger partial charge on any atom is -0.397 e. The van der Waals surface area contributed by atoms with Crippen molar-refractivity contribution in [3.63, 3.8) is 0 Å². The molecule has 0 saturated heterocycles. The maximum Gasteiger partial charge on any atom is 0.324 e. The van der Waals surface area contributed by atoms with Crippen molar-refractivity contribution in [2.75, 3.05) is 12.3 Å². The van der Waals surface area contributed by atoms with Crippen molar-refractivity contribution in [3.05, 3.63) is 23.2 Å². The van der Waals surface area contributed by atoms with E-state index in [4.69, 9.17) is 5.73 Å². The van der Waals surface area contributed by atoms with Gasteiger partial charge in [0.1, 0.15) is 9.71 Å². The molecule has 2 heterocycles. The van der Waals surface area contributed by atoms with Crippen LogP contribution in [0, 0.1) is 0 Å². The van der Waals surface area contributed by atoms with Gasteiger partial charge in [0.05, 0.1) is 12.2 Å². The van der Waals surface area contributed by atoms with Gasteiger partial charge in [0.25, 0.3) is 5.91 Å². The largest absolute Gasteiger partial charge is 0.397 e. The zero-order valence-electron chi connectivity index (χ0n) is 9.87. The Labute approximate surface area is 114 Å². The van der Waals surface area contributed by atoms with Crippen molar-refractivity contribution in [2.45, 2.75) is 12.3 Å². The fraction of sp³-hybridized carbons (Fsp3) is 0.273. The number of carbonyl (C=O) groups excluding carboxylic acids is 1. The van der Waals surface area contributed by atoms with Gasteiger partial charge in [-0.25, -0.2) is 13.8 Å². The molecule has 0 atom stereocenters. The smallest absolute Gasteiger partial charge is 0.324 e. The highest BCUT2D eigenvalue weighted by Crippen LogP contribution is 2.32. The molecule has 0 bridgehead atoms. The van der Waals surface area contributed by atoms with Crippen LogP contribution in [0.4, 0.5) is 23.2 Å². The van der Waals surface area contributed by atoms with Gasteiger partial charge < -0.3 is 11.1 Å². The quantitative estimate of drug-likeness (QED) is 0.853. The molecular formula is C11H9F4N3OS. The highest BCUT2D eigenvalue weighted by molar-refractivity contribution is 7.21. The number of fused-ring (bicyclic) bond motifs is 1. The van der Waals surface area contributed by atoms with Crippen molar-refractivity contribution in [1.29, 1.82) is 0 Å². The average Bonchev–Trinajstić information content (AvgIpc) is 2.74. The summed E-state index contributed by atoms with van der Waals surface area (Å²) in [6, 6.07) is 3.23. The molecule has 0 aromatic carbocycles. The monoisotopic (exact) mass is 307 g/mol. The molecule has 2 rings (SSSR count). The molecule has 0 unspecified atom stereocenters. The molecule has 4 nitrogen and oxygen atoms in total. The zero-order valence-corrected chi connectivity index (χ0v) is 10.7. The van der Waals surface area contributed by atoms with Gasteiger partial charge in [-0.05, 0) is 12.1 Å². The number of thiophene rings is 1. The molecule has 20 heavy (non-hydrogen) atoms. The Morgan fingerprint density at radius 3 is 2.80 bits per heavy atom. The summed E-state index contributed by atoms with van der Waals surface area (Å²) in [7, 11) is 0. The van der Waals surface area contributed by atoms with Crippen molar-refractivity contribution < 1.29 is 22.4 Å². The Kier molecular flexibility index (Phi) is 3.80. The predicted octanol–water partition coefficient (Wildman–Crippen LogP) is 2.51. The lowest BCUT2D eigenvalue weighted by molar-refractivity contribution is -0.123. The average molecular weight is 307 g/mol. The lowest BCUT2D eigenvalue weighted by Gasteiger charge is -2.15. The standard InChI is InChI=1S/C11H9F4N3OS/c12-10(13)11(14,15)4-18-8(19)7-6(16)5-2-1-3-17-9(5)20-7/h1-3,10H,4,16H2,(H,18,19). The molecule has 9 heteroatoms. The van der Waals surface area contributed by atoms with E-state index in [-0.39, 0.29) is 10.6 Å². The maximum absolute atomic E-state index is 12.7. The second kappa shape index (κ2) is 5.23. The fourth-order valence-electron chi connectivity index (χ4n) is 1.48. The molecule has 108 valence electrons. The fourth-order valence-corrected chi connectivity index (χ4v) is 2.45. The third-order valence-electron chi connectivity index (χ3n) is 2.51. The van der Waals surface area contributed by atoms with E-state index in [1.165, 1.54) is 6.20 Å². The number of hydrogen-bond acceptors (Lipinski definition) is 4. The number of carbonyl (C=O) groups is 1. The first-order chi connectivity index (χ1) is 9.33. The van der Waals surface area contributed by atoms with Crippen molar-refractivity contribution in [2.24, 2.45) is 0 Å². The summed E-state index contributed by atoms with van der Waals surface area (Å²) in [4.78, 5) is 16.1. The van der Waals surface area contributed by atoms with E-state index in [9.17, 15) is 22.4 Å². The molecule has 2 aromatic rings. The van der Waals surface area contributed by atoms with Crippen LogP contribution in [0.5, 0.6) is 0 Å². The summed E-state index contributed by atoms with van der Waals surface area (Å²) in [6.07, 6.45) is -2.35. The molecule has 0 saturated carbocycles. The number of nitrogen functional groups attached to an aromatic ring is 1. The Morgan fingerprint density at radius 2 is 2.20 bits per heavy atom. The summed E-state index contributed by atoms with van der Waals surface area (Å²) in [5.41, 5.74) is 5.81. The van der Waals surface area contributed by atoms with Crippen LogP contribution in [0.3, 0.4) is 0 Å². The molecule has 0 aliphatic carbocycles. The van der Waals surface area contributed by atoms with Crippen molar-refractivity contribution >= 4 is 33.1 Å². The molecule has 0 fully saturated rings. The van der Waals surface area contributed by atoms with E-state index in [0.29, 0.717) is 10.2 Å². The van der Waals surface area contributed by atoms with E-state index in [2.05, 4.69) is 4.98 Å². The number of hydrogen-bond donors (Lipinski definition) is 2. The normalized spacial score (nSPS) is 12.1. The van der Waals surface area contributed by atoms with Gasteiger partial charge in [0.15, 0.2) is 0 Å². The number of pyridine rings is 1. The third-order valence-corrected chi connectivity index (χ3v) is 3.64. The van der Waals surface area contributed by atoms with Gasteiger partial charge in [-0.3, -0.25) is 4.79 Å². The van der Waals surface area contributed by atoms with Gasteiger partial charge in [-0.1, -0.05) is 0 Å². The minimum atomic E-state index is -4.28. The van der Waals surface area contributed by atoms with Crippen LogP contribution >= 0.6 is 11.3 Å². The number of nitrogens with zero attached hydrogens (tertiary/aromatic N) is 1. The van der Waals surface area contributed by atoms with Gasteiger partial charge in [-0.2, -0.15) is 8.78 Å². The van der Waals surface area contributed by atoms with E-state index < -0.39 is 24.8 Å². The number of nitrogens with two attached hydrogens (primary N) is 1. The minimum absolute atomic E-state index is 0.0243. The second-order valence-electron chi connectivity index (χ2n) is 3.95. The number of anilines is 1. The zero-order chi connectivity index (χ0) is 14.9.